The fourth-order valence-electron chi connectivity index (χ4n) is 1.08. The zero-order valence-corrected chi connectivity index (χ0v) is 7.33. The van der Waals surface area contributed by atoms with Crippen LogP contribution in [0.5, 0.6) is 0 Å². The van der Waals surface area contributed by atoms with E-state index in [0.717, 1.165) is 17.9 Å². The van der Waals surface area contributed by atoms with Crippen molar-refractivity contribution in [3.63, 3.8) is 0 Å². The minimum atomic E-state index is 0.452. The predicted octanol–water partition coefficient (Wildman–Crippen LogP) is 1.42. The SMILES string of the molecule is CCC(C)c1nc(C)cn1N. The Kier molecular flexibility index (Phi) is 2.17. The van der Waals surface area contributed by atoms with E-state index in [1.54, 1.807) is 4.68 Å². The number of hydrogen-bond donors (Lipinski definition) is 1. The molecule has 0 aliphatic rings. The van der Waals surface area contributed by atoms with Crippen LogP contribution in [0.25, 0.3) is 0 Å². The maximum Gasteiger partial charge on any atom is 0.130 e. The minimum Gasteiger partial charge on any atom is -0.338 e. The Morgan fingerprint density at radius 2 is 2.36 bits per heavy atom. The molecule has 0 saturated heterocycles. The van der Waals surface area contributed by atoms with Gasteiger partial charge in [0.2, 0.25) is 0 Å². The molecule has 0 aliphatic heterocycles. The first kappa shape index (κ1) is 8.11. The summed E-state index contributed by atoms with van der Waals surface area (Å²) in [6.45, 7) is 6.22. The van der Waals surface area contributed by atoms with Gasteiger partial charge in [-0.05, 0) is 13.3 Å². The van der Waals surface area contributed by atoms with Crippen LogP contribution in [0.2, 0.25) is 0 Å². The van der Waals surface area contributed by atoms with Crippen LogP contribution in [0.3, 0.4) is 0 Å². The quantitative estimate of drug-likeness (QED) is 0.653. The lowest BCUT2D eigenvalue weighted by atomic mass is 10.1. The Labute approximate surface area is 67.2 Å². The first-order valence-corrected chi connectivity index (χ1v) is 3.96. The molecule has 1 aromatic rings. The first-order chi connectivity index (χ1) is 5.15. The largest absolute Gasteiger partial charge is 0.338 e. The van der Waals surface area contributed by atoms with Gasteiger partial charge in [0.05, 0.1) is 5.69 Å². The fourth-order valence-corrected chi connectivity index (χ4v) is 1.08. The fraction of sp³-hybridized carbons (Fsp3) is 0.625. The number of hydrogen-bond acceptors (Lipinski definition) is 2. The van der Waals surface area contributed by atoms with Gasteiger partial charge in [0.1, 0.15) is 5.82 Å². The summed E-state index contributed by atoms with van der Waals surface area (Å²) in [5.74, 6) is 7.10. The predicted molar refractivity (Wildman–Crippen MR) is 45.8 cm³/mol. The second kappa shape index (κ2) is 2.95. The lowest BCUT2D eigenvalue weighted by molar-refractivity contribution is 0.655. The summed E-state index contributed by atoms with van der Waals surface area (Å²) in [5, 5.41) is 0. The van der Waals surface area contributed by atoms with Crippen molar-refractivity contribution in [1.29, 1.82) is 0 Å². The standard InChI is InChI=1S/C8H15N3/c1-4-6(2)8-10-7(3)5-11(8)9/h5-6H,4,9H2,1-3H3. The van der Waals surface area contributed by atoms with Crippen molar-refractivity contribution in [3.8, 4) is 0 Å². The van der Waals surface area contributed by atoms with E-state index in [1.165, 1.54) is 0 Å². The molecule has 0 aliphatic carbocycles. The summed E-state index contributed by atoms with van der Waals surface area (Å²) >= 11 is 0. The molecule has 11 heavy (non-hydrogen) atoms. The summed E-state index contributed by atoms with van der Waals surface area (Å²) in [7, 11) is 0. The van der Waals surface area contributed by atoms with Crippen molar-refractivity contribution in [2.75, 3.05) is 5.84 Å². The van der Waals surface area contributed by atoms with Crippen LogP contribution in [0.4, 0.5) is 0 Å². The van der Waals surface area contributed by atoms with Gasteiger partial charge in [-0.1, -0.05) is 13.8 Å². The molecule has 3 heteroatoms. The molecule has 0 spiro atoms. The van der Waals surface area contributed by atoms with Gasteiger partial charge in [-0.2, -0.15) is 0 Å². The van der Waals surface area contributed by atoms with Crippen molar-refractivity contribution in [1.82, 2.24) is 9.66 Å². The Balaban J connectivity index is 2.93. The van der Waals surface area contributed by atoms with E-state index in [1.807, 2.05) is 13.1 Å². The summed E-state index contributed by atoms with van der Waals surface area (Å²) in [6, 6.07) is 0. The van der Waals surface area contributed by atoms with Gasteiger partial charge in [0, 0.05) is 12.1 Å². The van der Waals surface area contributed by atoms with Crippen molar-refractivity contribution in [2.45, 2.75) is 33.1 Å². The maximum absolute atomic E-state index is 5.67. The number of nitrogens with two attached hydrogens (primary N) is 1. The third-order valence-corrected chi connectivity index (χ3v) is 1.93. The number of imidazole rings is 1. The zero-order valence-electron chi connectivity index (χ0n) is 7.33. The Morgan fingerprint density at radius 3 is 2.73 bits per heavy atom. The molecule has 1 unspecified atom stereocenters. The van der Waals surface area contributed by atoms with Crippen LogP contribution in [0.15, 0.2) is 6.20 Å². The highest BCUT2D eigenvalue weighted by molar-refractivity contribution is 5.05. The van der Waals surface area contributed by atoms with Crippen molar-refractivity contribution >= 4 is 0 Å². The van der Waals surface area contributed by atoms with E-state index in [9.17, 15) is 0 Å². The van der Waals surface area contributed by atoms with E-state index in [0.29, 0.717) is 5.92 Å². The number of rotatable bonds is 2. The van der Waals surface area contributed by atoms with Crippen molar-refractivity contribution in [2.24, 2.45) is 0 Å². The lowest BCUT2D eigenvalue weighted by Crippen LogP contribution is -2.13. The molecule has 0 saturated carbocycles. The molecule has 1 atom stereocenters. The average molecular weight is 153 g/mol. The van der Waals surface area contributed by atoms with Gasteiger partial charge in [0.25, 0.3) is 0 Å². The zero-order chi connectivity index (χ0) is 8.43. The van der Waals surface area contributed by atoms with E-state index < -0.39 is 0 Å². The van der Waals surface area contributed by atoms with Gasteiger partial charge >= 0.3 is 0 Å². The van der Waals surface area contributed by atoms with Gasteiger partial charge in [-0.15, -0.1) is 0 Å². The molecule has 2 N–H and O–H groups in total. The molecule has 3 nitrogen and oxygen atoms in total. The Hall–Kier alpha value is -0.990. The molecule has 0 aromatic carbocycles. The molecule has 0 bridgehead atoms. The number of nitrogens with zero attached hydrogens (tertiary/aromatic N) is 2. The van der Waals surface area contributed by atoms with Crippen LogP contribution in [0, 0.1) is 6.92 Å². The van der Waals surface area contributed by atoms with Crippen LogP contribution < -0.4 is 5.84 Å². The summed E-state index contributed by atoms with van der Waals surface area (Å²) in [4.78, 5) is 4.32. The number of aryl methyl sites for hydroxylation is 1. The van der Waals surface area contributed by atoms with Crippen LogP contribution in [0.1, 0.15) is 37.7 Å². The summed E-state index contributed by atoms with van der Waals surface area (Å²) in [5.41, 5.74) is 0.989. The van der Waals surface area contributed by atoms with Gasteiger partial charge < -0.3 is 5.84 Å². The van der Waals surface area contributed by atoms with E-state index in [-0.39, 0.29) is 0 Å². The Morgan fingerprint density at radius 1 is 1.73 bits per heavy atom. The van der Waals surface area contributed by atoms with E-state index in [4.69, 9.17) is 5.84 Å². The highest BCUT2D eigenvalue weighted by Crippen LogP contribution is 2.15. The van der Waals surface area contributed by atoms with Crippen molar-refractivity contribution in [3.05, 3.63) is 17.7 Å². The highest BCUT2D eigenvalue weighted by atomic mass is 15.3. The highest BCUT2D eigenvalue weighted by Gasteiger charge is 2.09. The lowest BCUT2D eigenvalue weighted by Gasteiger charge is -2.06. The minimum absolute atomic E-state index is 0.452. The van der Waals surface area contributed by atoms with Crippen LogP contribution in [-0.2, 0) is 0 Å². The average Bonchev–Trinajstić information content (AvgIpc) is 2.28. The maximum atomic E-state index is 5.67. The van der Waals surface area contributed by atoms with E-state index in [2.05, 4.69) is 18.8 Å². The third kappa shape index (κ3) is 1.53. The normalized spacial score (nSPS) is 13.4. The monoisotopic (exact) mass is 153 g/mol. The van der Waals surface area contributed by atoms with Crippen LogP contribution >= 0.6 is 0 Å². The Bertz CT molecular complexity index is 239. The topological polar surface area (TPSA) is 43.8 Å². The van der Waals surface area contributed by atoms with Gasteiger partial charge in [0.15, 0.2) is 0 Å². The number of nitrogen functional groups attached to an aromatic ring is 1. The van der Waals surface area contributed by atoms with Crippen molar-refractivity contribution < 1.29 is 0 Å². The van der Waals surface area contributed by atoms with Gasteiger partial charge in [-0.25, -0.2) is 4.98 Å². The van der Waals surface area contributed by atoms with Crippen LogP contribution in [-0.4, -0.2) is 9.66 Å². The molecule has 1 rings (SSSR count). The molecular formula is C8H15N3. The second-order valence-electron chi connectivity index (χ2n) is 2.96. The molecule has 0 fully saturated rings. The van der Waals surface area contributed by atoms with Gasteiger partial charge in [-0.3, -0.25) is 4.68 Å². The smallest absolute Gasteiger partial charge is 0.130 e. The van der Waals surface area contributed by atoms with E-state index >= 15 is 0 Å². The summed E-state index contributed by atoms with van der Waals surface area (Å²) in [6.07, 6.45) is 2.93. The molecule has 1 heterocycles. The third-order valence-electron chi connectivity index (χ3n) is 1.93. The molecule has 0 amide bonds. The molecule has 0 radical (unpaired) electrons. The number of aromatic nitrogens is 2. The summed E-state index contributed by atoms with van der Waals surface area (Å²) < 4.78 is 1.61. The first-order valence-electron chi connectivity index (χ1n) is 3.96. The molecule has 62 valence electrons. The molecular weight excluding hydrogens is 138 g/mol. The molecule has 1 aromatic heterocycles. The second-order valence-corrected chi connectivity index (χ2v) is 2.96.